The van der Waals surface area contributed by atoms with Gasteiger partial charge < -0.3 is 5.73 Å². The van der Waals surface area contributed by atoms with Crippen LogP contribution in [0.5, 0.6) is 0 Å². The van der Waals surface area contributed by atoms with Crippen LogP contribution in [0.4, 0.5) is 10.8 Å². The zero-order valence-electron chi connectivity index (χ0n) is 11.7. The molecule has 1 aromatic heterocycles. The molecule has 1 fully saturated rings. The van der Waals surface area contributed by atoms with E-state index in [1.54, 1.807) is 4.90 Å². The molecule has 22 heavy (non-hydrogen) atoms. The van der Waals surface area contributed by atoms with Gasteiger partial charge in [-0.15, -0.1) is 11.3 Å². The number of nitrogens with two attached hydrogens (primary N) is 1. The zero-order chi connectivity index (χ0) is 15.5. The van der Waals surface area contributed by atoms with Crippen molar-refractivity contribution < 1.29 is 4.79 Å². The predicted octanol–water partition coefficient (Wildman–Crippen LogP) is 3.06. The molecule has 112 valence electrons. The predicted molar refractivity (Wildman–Crippen MR) is 86.4 cm³/mol. The van der Waals surface area contributed by atoms with E-state index in [1.165, 1.54) is 11.3 Å². The van der Waals surface area contributed by atoms with Crippen LogP contribution in [0.3, 0.4) is 0 Å². The van der Waals surface area contributed by atoms with Gasteiger partial charge in [0, 0.05) is 41.1 Å². The maximum atomic E-state index is 12.1. The van der Waals surface area contributed by atoms with Gasteiger partial charge in [0.25, 0.3) is 0 Å². The molecule has 2 N–H and O–H groups in total. The number of carbonyl (C=O) groups is 1. The maximum Gasteiger partial charge on any atom is 0.229 e. The van der Waals surface area contributed by atoms with Crippen LogP contribution < -0.4 is 10.6 Å². The number of azide groups is 1. The molecule has 0 saturated carbocycles. The summed E-state index contributed by atoms with van der Waals surface area (Å²) in [5.74, 6) is 0.0867. The first-order valence-electron chi connectivity index (χ1n) is 6.80. The summed E-state index contributed by atoms with van der Waals surface area (Å²) in [6.07, 6.45) is 0.399. The molecule has 1 amide bonds. The number of nitrogen functional groups attached to an aromatic ring is 1. The van der Waals surface area contributed by atoms with Gasteiger partial charge in [0.2, 0.25) is 5.91 Å². The average molecular weight is 314 g/mol. The smallest absolute Gasteiger partial charge is 0.229 e. The number of aromatic nitrogens is 1. The van der Waals surface area contributed by atoms with E-state index in [0.29, 0.717) is 30.3 Å². The Kier molecular flexibility index (Phi) is 3.95. The third-order valence-corrected chi connectivity index (χ3v) is 4.40. The summed E-state index contributed by atoms with van der Waals surface area (Å²) in [5, 5.41) is 6.16. The van der Waals surface area contributed by atoms with Gasteiger partial charge in [0.1, 0.15) is 0 Å². The van der Waals surface area contributed by atoms with Crippen molar-refractivity contribution in [1.29, 1.82) is 0 Å². The first kappa shape index (κ1) is 14.4. The molecule has 0 aliphatic carbocycles. The SMILES string of the molecule is [N-]=[N+]=NCC1CC(=O)N(c2nc(-c3ccc(N)cc3)cs2)C1. The molecule has 3 rings (SSSR count). The number of benzene rings is 1. The highest BCUT2D eigenvalue weighted by molar-refractivity contribution is 7.14. The lowest BCUT2D eigenvalue weighted by Gasteiger charge is -2.12. The molecule has 0 bridgehead atoms. The second-order valence-corrected chi connectivity index (χ2v) is 5.96. The number of anilines is 2. The molecule has 1 unspecified atom stereocenters. The Labute approximate surface area is 131 Å². The van der Waals surface area contributed by atoms with Crippen molar-refractivity contribution in [3.05, 3.63) is 40.1 Å². The second kappa shape index (κ2) is 6.05. The van der Waals surface area contributed by atoms with Gasteiger partial charge in [0.15, 0.2) is 5.13 Å². The summed E-state index contributed by atoms with van der Waals surface area (Å²) in [6.45, 7) is 0.890. The summed E-state index contributed by atoms with van der Waals surface area (Å²) in [5.41, 5.74) is 16.5. The molecule has 2 aromatic rings. The minimum atomic E-state index is 0.0244. The van der Waals surface area contributed by atoms with Crippen LogP contribution in [-0.2, 0) is 4.79 Å². The van der Waals surface area contributed by atoms with E-state index in [4.69, 9.17) is 11.3 Å². The molecular formula is C14H14N6OS. The standard InChI is InChI=1S/C14H14N6OS/c15-11-3-1-10(2-4-11)12-8-22-14(18-12)20-7-9(5-13(20)21)6-17-19-16/h1-4,8-9H,5-7,15H2. The molecule has 1 aliphatic rings. The minimum Gasteiger partial charge on any atom is -0.399 e. The van der Waals surface area contributed by atoms with Crippen LogP contribution in [0.1, 0.15) is 6.42 Å². The van der Waals surface area contributed by atoms with E-state index in [2.05, 4.69) is 15.0 Å². The van der Waals surface area contributed by atoms with Gasteiger partial charge in [-0.2, -0.15) is 0 Å². The molecule has 1 aliphatic heterocycles. The molecule has 2 heterocycles. The fourth-order valence-corrected chi connectivity index (χ4v) is 3.28. The van der Waals surface area contributed by atoms with Crippen LogP contribution >= 0.6 is 11.3 Å². The van der Waals surface area contributed by atoms with Gasteiger partial charge in [-0.05, 0) is 23.6 Å². The van der Waals surface area contributed by atoms with Crippen molar-refractivity contribution in [2.45, 2.75) is 6.42 Å². The lowest BCUT2D eigenvalue weighted by Crippen LogP contribution is -2.24. The number of nitrogens with zero attached hydrogens (tertiary/aromatic N) is 5. The molecule has 8 heteroatoms. The number of amides is 1. The summed E-state index contributed by atoms with van der Waals surface area (Å²) >= 11 is 1.43. The molecular weight excluding hydrogens is 300 g/mol. The van der Waals surface area contributed by atoms with Crippen molar-refractivity contribution in [3.63, 3.8) is 0 Å². The van der Waals surface area contributed by atoms with E-state index in [9.17, 15) is 4.79 Å². The minimum absolute atomic E-state index is 0.0244. The van der Waals surface area contributed by atoms with E-state index in [1.807, 2.05) is 29.6 Å². The number of hydrogen-bond acceptors (Lipinski definition) is 5. The molecule has 1 aromatic carbocycles. The van der Waals surface area contributed by atoms with Crippen LogP contribution in [0, 0.1) is 5.92 Å². The quantitative estimate of drug-likeness (QED) is 0.405. The Morgan fingerprint density at radius 3 is 2.95 bits per heavy atom. The Bertz CT molecular complexity index is 734. The first-order valence-corrected chi connectivity index (χ1v) is 7.68. The van der Waals surface area contributed by atoms with Crippen LogP contribution in [-0.4, -0.2) is 24.0 Å². The molecule has 0 radical (unpaired) electrons. The Morgan fingerprint density at radius 2 is 2.23 bits per heavy atom. The molecule has 1 saturated heterocycles. The first-order chi connectivity index (χ1) is 10.7. The van der Waals surface area contributed by atoms with E-state index in [0.717, 1.165) is 11.3 Å². The van der Waals surface area contributed by atoms with Crippen molar-refractivity contribution in [2.24, 2.45) is 11.0 Å². The van der Waals surface area contributed by atoms with Crippen molar-refractivity contribution in [3.8, 4) is 11.3 Å². The fraction of sp³-hybridized carbons (Fsp3) is 0.286. The summed E-state index contributed by atoms with van der Waals surface area (Å²) in [4.78, 5) is 21.0. The van der Waals surface area contributed by atoms with E-state index >= 15 is 0 Å². The van der Waals surface area contributed by atoms with Crippen molar-refractivity contribution in [2.75, 3.05) is 23.7 Å². The van der Waals surface area contributed by atoms with Crippen LogP contribution in [0.25, 0.3) is 21.7 Å². The summed E-state index contributed by atoms with van der Waals surface area (Å²) in [6, 6.07) is 7.46. The second-order valence-electron chi connectivity index (χ2n) is 5.13. The van der Waals surface area contributed by atoms with Gasteiger partial charge in [-0.25, -0.2) is 4.98 Å². The zero-order valence-corrected chi connectivity index (χ0v) is 12.5. The average Bonchev–Trinajstić information content (AvgIpc) is 3.12. The third kappa shape index (κ3) is 2.88. The molecule has 1 atom stereocenters. The highest BCUT2D eigenvalue weighted by atomic mass is 32.1. The summed E-state index contributed by atoms with van der Waals surface area (Å²) < 4.78 is 0. The highest BCUT2D eigenvalue weighted by Gasteiger charge is 2.31. The third-order valence-electron chi connectivity index (χ3n) is 3.54. The van der Waals surface area contributed by atoms with Gasteiger partial charge >= 0.3 is 0 Å². The molecule has 7 nitrogen and oxygen atoms in total. The Balaban J connectivity index is 1.77. The normalized spacial score (nSPS) is 17.5. The largest absolute Gasteiger partial charge is 0.399 e. The van der Waals surface area contributed by atoms with Gasteiger partial charge in [-0.3, -0.25) is 9.69 Å². The monoisotopic (exact) mass is 314 g/mol. The van der Waals surface area contributed by atoms with E-state index in [-0.39, 0.29) is 11.8 Å². The highest BCUT2D eigenvalue weighted by Crippen LogP contribution is 2.31. The topological polar surface area (TPSA) is 108 Å². The Morgan fingerprint density at radius 1 is 1.45 bits per heavy atom. The number of hydrogen-bond donors (Lipinski definition) is 1. The number of thiazole rings is 1. The van der Waals surface area contributed by atoms with Crippen LogP contribution in [0.15, 0.2) is 34.8 Å². The van der Waals surface area contributed by atoms with Crippen molar-refractivity contribution >= 4 is 28.1 Å². The lowest BCUT2D eigenvalue weighted by molar-refractivity contribution is -0.117. The van der Waals surface area contributed by atoms with Crippen LogP contribution in [0.2, 0.25) is 0 Å². The van der Waals surface area contributed by atoms with Crippen molar-refractivity contribution in [1.82, 2.24) is 4.98 Å². The molecule has 0 spiro atoms. The lowest BCUT2D eigenvalue weighted by atomic mass is 10.1. The van der Waals surface area contributed by atoms with Gasteiger partial charge in [0.05, 0.1) is 5.69 Å². The summed E-state index contributed by atoms with van der Waals surface area (Å²) in [7, 11) is 0. The maximum absolute atomic E-state index is 12.1. The number of rotatable bonds is 4. The number of carbonyl (C=O) groups excluding carboxylic acids is 1. The Hall–Kier alpha value is -2.57. The van der Waals surface area contributed by atoms with E-state index < -0.39 is 0 Å². The van der Waals surface area contributed by atoms with Gasteiger partial charge in [-0.1, -0.05) is 17.2 Å². The fourth-order valence-electron chi connectivity index (χ4n) is 2.42.